The second-order valence-electron chi connectivity index (χ2n) is 2.36. The predicted molar refractivity (Wildman–Crippen MR) is 52.1 cm³/mol. The molecule has 1 heterocycles. The number of rotatable bonds is 0. The van der Waals surface area contributed by atoms with Crippen molar-refractivity contribution in [2.45, 2.75) is 0 Å². The van der Waals surface area contributed by atoms with Crippen LogP contribution in [-0.4, -0.2) is 5.17 Å². The highest BCUT2D eigenvalue weighted by atomic mass is 35.5. The molecular weight excluding hydrogens is 195 g/mol. The summed E-state index contributed by atoms with van der Waals surface area (Å²) in [5.74, 6) is 0. The summed E-state index contributed by atoms with van der Waals surface area (Å²) in [6, 6.07) is 7.57. The monoisotopic (exact) mass is 199 g/mol. The van der Waals surface area contributed by atoms with Gasteiger partial charge in [0.15, 0.2) is 5.17 Å². The van der Waals surface area contributed by atoms with Crippen LogP contribution in [0.3, 0.4) is 0 Å². The minimum Gasteiger partial charge on any atom is -0.356 e. The molecule has 2 nitrogen and oxygen atoms in total. The molecule has 4 heteroatoms. The molecule has 0 unspecified atom stereocenters. The summed E-state index contributed by atoms with van der Waals surface area (Å²) in [7, 11) is 0. The van der Waals surface area contributed by atoms with Crippen molar-refractivity contribution >= 4 is 39.7 Å². The minimum atomic E-state index is 0.301. The molecule has 12 heavy (non-hydrogen) atoms. The molecule has 0 atom stereocenters. The number of nitrogens with one attached hydrogen (secondary N) is 1. The Balaban J connectivity index is 2.49. The molecule has 0 fully saturated rings. The van der Waals surface area contributed by atoms with Gasteiger partial charge >= 0.3 is 0 Å². The van der Waals surface area contributed by atoms with Crippen LogP contribution in [0.4, 0.5) is 11.4 Å². The fraction of sp³-hybridized carbons (Fsp3) is 0. The van der Waals surface area contributed by atoms with Gasteiger partial charge in [-0.1, -0.05) is 35.3 Å². The van der Waals surface area contributed by atoms with Gasteiger partial charge in [0.25, 0.3) is 0 Å². The molecule has 0 bridgehead atoms. The summed E-state index contributed by atoms with van der Waals surface area (Å²) in [5, 5.41) is 3.23. The lowest BCUT2D eigenvalue weighted by Gasteiger charge is -2.17. The quantitative estimate of drug-likeness (QED) is 0.639. The van der Waals surface area contributed by atoms with Gasteiger partial charge in [0.05, 0.1) is 11.4 Å². The Kier molecular flexibility index (Phi) is 1.95. The molecule has 0 saturated carbocycles. The van der Waals surface area contributed by atoms with E-state index in [1.165, 1.54) is 0 Å². The first-order valence-corrected chi connectivity index (χ1v) is 4.16. The van der Waals surface area contributed by atoms with Crippen LogP contribution in [0.25, 0.3) is 0 Å². The Morgan fingerprint density at radius 3 is 2.75 bits per heavy atom. The third kappa shape index (κ3) is 1.28. The highest BCUT2D eigenvalue weighted by Crippen LogP contribution is 2.33. The van der Waals surface area contributed by atoms with E-state index in [2.05, 4.69) is 10.3 Å². The SMILES string of the molecule is Cl[C]1Nc2ccccc2N=C1Cl. The second kappa shape index (κ2) is 2.96. The van der Waals surface area contributed by atoms with Crippen LogP contribution < -0.4 is 5.32 Å². The van der Waals surface area contributed by atoms with Crippen molar-refractivity contribution in [1.82, 2.24) is 0 Å². The van der Waals surface area contributed by atoms with Crippen LogP contribution in [0.1, 0.15) is 0 Å². The smallest absolute Gasteiger partial charge is 0.210 e. The maximum Gasteiger partial charge on any atom is 0.210 e. The molecule has 1 aliphatic heterocycles. The number of benzene rings is 1. The van der Waals surface area contributed by atoms with Gasteiger partial charge in [-0.25, -0.2) is 4.99 Å². The Hall–Kier alpha value is -0.730. The summed E-state index contributed by atoms with van der Waals surface area (Å²) >= 11 is 11.5. The van der Waals surface area contributed by atoms with E-state index < -0.39 is 0 Å². The number of halogens is 2. The fourth-order valence-electron chi connectivity index (χ4n) is 1.00. The van der Waals surface area contributed by atoms with E-state index in [1.807, 2.05) is 24.3 Å². The lowest BCUT2D eigenvalue weighted by atomic mass is 10.2. The van der Waals surface area contributed by atoms with Crippen molar-refractivity contribution in [1.29, 1.82) is 0 Å². The van der Waals surface area contributed by atoms with Crippen LogP contribution >= 0.6 is 23.2 Å². The Bertz CT molecular complexity index is 336. The second-order valence-corrected chi connectivity index (χ2v) is 3.09. The highest BCUT2D eigenvalue weighted by molar-refractivity contribution is 6.75. The van der Waals surface area contributed by atoms with Gasteiger partial charge in [0.2, 0.25) is 5.50 Å². The van der Waals surface area contributed by atoms with Crippen molar-refractivity contribution in [2.24, 2.45) is 4.99 Å². The zero-order valence-electron chi connectivity index (χ0n) is 6.01. The summed E-state index contributed by atoms with van der Waals surface area (Å²) < 4.78 is 0. The van der Waals surface area contributed by atoms with Crippen molar-refractivity contribution in [3.63, 3.8) is 0 Å². The minimum absolute atomic E-state index is 0.301. The zero-order valence-corrected chi connectivity index (χ0v) is 7.52. The third-order valence-electron chi connectivity index (χ3n) is 1.55. The standard InChI is InChI=1S/C8H5Cl2N2/c9-7-8(10)12-6-4-2-1-3-5(6)11-7/h1-4,11H. The molecule has 0 spiro atoms. The lowest BCUT2D eigenvalue weighted by molar-refractivity contribution is 1.38. The molecule has 0 aromatic heterocycles. The van der Waals surface area contributed by atoms with E-state index in [4.69, 9.17) is 23.2 Å². The van der Waals surface area contributed by atoms with E-state index in [9.17, 15) is 0 Å². The zero-order chi connectivity index (χ0) is 8.55. The topological polar surface area (TPSA) is 24.4 Å². The van der Waals surface area contributed by atoms with Crippen LogP contribution in [0.2, 0.25) is 0 Å². The molecule has 61 valence electrons. The number of fused-ring (bicyclic) bond motifs is 1. The number of hydrogen-bond donors (Lipinski definition) is 1. The van der Waals surface area contributed by atoms with E-state index >= 15 is 0 Å². The Labute approximate surface area is 80.2 Å². The number of aliphatic imine (C=N–C) groups is 1. The first-order valence-electron chi connectivity index (χ1n) is 3.40. The highest BCUT2D eigenvalue weighted by Gasteiger charge is 2.18. The van der Waals surface area contributed by atoms with Crippen LogP contribution in [0.5, 0.6) is 0 Å². The van der Waals surface area contributed by atoms with Crippen LogP contribution in [0.15, 0.2) is 29.3 Å². The number of hydrogen-bond acceptors (Lipinski definition) is 2. The van der Waals surface area contributed by atoms with E-state index in [0.29, 0.717) is 10.7 Å². The molecule has 0 saturated heterocycles. The maximum atomic E-state index is 5.74. The molecule has 0 aliphatic carbocycles. The summed E-state index contributed by atoms with van der Waals surface area (Å²) in [6.45, 7) is 0. The molecule has 1 aromatic carbocycles. The normalized spacial score (nSPS) is 16.3. The maximum absolute atomic E-state index is 5.74. The molecule has 2 rings (SSSR count). The number of nitrogens with zero attached hydrogens (tertiary/aromatic N) is 1. The van der Waals surface area contributed by atoms with Gasteiger partial charge in [0.1, 0.15) is 0 Å². The average Bonchev–Trinajstić information content (AvgIpc) is 2.07. The fourth-order valence-corrected chi connectivity index (χ4v) is 1.28. The summed E-state index contributed by atoms with van der Waals surface area (Å²) in [6.07, 6.45) is 0. The summed E-state index contributed by atoms with van der Waals surface area (Å²) in [5.41, 5.74) is 2.06. The first kappa shape index (κ1) is 7.90. The van der Waals surface area contributed by atoms with Gasteiger partial charge in [-0.2, -0.15) is 0 Å². The largest absolute Gasteiger partial charge is 0.356 e. The van der Waals surface area contributed by atoms with Gasteiger partial charge < -0.3 is 5.32 Å². The molecule has 1 aliphatic rings. The van der Waals surface area contributed by atoms with E-state index in [1.54, 1.807) is 0 Å². The predicted octanol–water partition coefficient (Wildman–Crippen LogP) is 3.11. The number of para-hydroxylation sites is 2. The van der Waals surface area contributed by atoms with Gasteiger partial charge in [-0.05, 0) is 12.1 Å². The molecule has 0 amide bonds. The van der Waals surface area contributed by atoms with Gasteiger partial charge in [-0.3, -0.25) is 0 Å². The molecule has 1 N–H and O–H groups in total. The van der Waals surface area contributed by atoms with Crippen molar-refractivity contribution < 1.29 is 0 Å². The molecule has 1 radical (unpaired) electrons. The molecular formula is C8H5Cl2N2. The van der Waals surface area contributed by atoms with Crippen molar-refractivity contribution in [3.05, 3.63) is 29.8 Å². The Morgan fingerprint density at radius 2 is 1.92 bits per heavy atom. The van der Waals surface area contributed by atoms with Gasteiger partial charge in [-0.15, -0.1) is 0 Å². The van der Waals surface area contributed by atoms with E-state index in [-0.39, 0.29) is 0 Å². The molecule has 1 aromatic rings. The lowest BCUT2D eigenvalue weighted by Crippen LogP contribution is -2.13. The van der Waals surface area contributed by atoms with Crippen LogP contribution in [0, 0.1) is 5.50 Å². The number of anilines is 1. The first-order chi connectivity index (χ1) is 5.77. The summed E-state index contributed by atoms with van der Waals surface area (Å²) in [4.78, 5) is 4.08. The van der Waals surface area contributed by atoms with Crippen LogP contribution in [-0.2, 0) is 0 Å². The Morgan fingerprint density at radius 1 is 1.17 bits per heavy atom. The van der Waals surface area contributed by atoms with E-state index in [0.717, 1.165) is 11.4 Å². The van der Waals surface area contributed by atoms with Gasteiger partial charge in [0, 0.05) is 0 Å². The third-order valence-corrected chi connectivity index (χ3v) is 2.19. The average molecular weight is 200 g/mol. The van der Waals surface area contributed by atoms with Crippen molar-refractivity contribution in [3.8, 4) is 0 Å². The van der Waals surface area contributed by atoms with Crippen molar-refractivity contribution in [2.75, 3.05) is 5.32 Å².